The quantitative estimate of drug-likeness (QED) is 0.783. The average Bonchev–Trinajstić information content (AvgIpc) is 3.02. The van der Waals surface area contributed by atoms with Gasteiger partial charge in [-0.1, -0.05) is 18.2 Å². The molecule has 1 aliphatic rings. The number of morpholine rings is 1. The minimum Gasteiger partial charge on any atom is -0.399 e. The summed E-state index contributed by atoms with van der Waals surface area (Å²) in [7, 11) is 0. The topological polar surface area (TPSA) is 80.5 Å². The van der Waals surface area contributed by atoms with Crippen molar-refractivity contribution in [2.45, 2.75) is 19.4 Å². The molecular weight excluding hydrogens is 324 g/mol. The van der Waals surface area contributed by atoms with Crippen LogP contribution < -0.4 is 11.1 Å². The zero-order chi connectivity index (χ0) is 16.8. The number of amides is 1. The zero-order valence-electron chi connectivity index (χ0n) is 13.5. The first-order chi connectivity index (χ1) is 11.7. The number of aromatic nitrogens is 1. The number of nitrogen functional groups attached to an aromatic ring is 1. The number of aryl methyl sites for hydroxylation is 1. The summed E-state index contributed by atoms with van der Waals surface area (Å²) in [5.41, 5.74) is 8.62. The molecule has 0 radical (unpaired) electrons. The van der Waals surface area contributed by atoms with Crippen LogP contribution in [0.15, 0.2) is 29.6 Å². The number of ether oxygens (including phenoxy) is 1. The number of nitrogens with two attached hydrogens (primary N) is 1. The number of nitrogens with zero attached hydrogens (tertiary/aromatic N) is 2. The van der Waals surface area contributed by atoms with Gasteiger partial charge in [-0.3, -0.25) is 9.69 Å². The van der Waals surface area contributed by atoms with Gasteiger partial charge in [-0.2, -0.15) is 0 Å². The van der Waals surface area contributed by atoms with E-state index < -0.39 is 0 Å². The highest BCUT2D eigenvalue weighted by atomic mass is 32.1. The Labute approximate surface area is 145 Å². The number of hydrogen-bond donors (Lipinski definition) is 2. The molecule has 0 unspecified atom stereocenters. The lowest BCUT2D eigenvalue weighted by molar-refractivity contribution is -0.116. The number of rotatable bonds is 6. The largest absolute Gasteiger partial charge is 0.399 e. The highest BCUT2D eigenvalue weighted by Gasteiger charge is 2.13. The summed E-state index contributed by atoms with van der Waals surface area (Å²) in [5.74, 6) is -0.0366. The molecule has 1 amide bonds. The van der Waals surface area contributed by atoms with Crippen LogP contribution in [0.4, 0.5) is 10.8 Å². The number of thiazole rings is 1. The number of benzene rings is 1. The van der Waals surface area contributed by atoms with Gasteiger partial charge in [-0.25, -0.2) is 4.98 Å². The van der Waals surface area contributed by atoms with Gasteiger partial charge in [0.15, 0.2) is 5.13 Å². The Morgan fingerprint density at radius 2 is 2.12 bits per heavy atom. The molecule has 128 valence electrons. The molecule has 0 bridgehead atoms. The molecule has 0 spiro atoms. The number of carbonyl (C=O) groups is 1. The van der Waals surface area contributed by atoms with Crippen molar-refractivity contribution in [3.63, 3.8) is 0 Å². The van der Waals surface area contributed by atoms with Crippen LogP contribution in [0, 0.1) is 0 Å². The first-order valence-electron chi connectivity index (χ1n) is 8.08. The number of hydrogen-bond acceptors (Lipinski definition) is 6. The fourth-order valence-corrected chi connectivity index (χ4v) is 3.33. The monoisotopic (exact) mass is 346 g/mol. The van der Waals surface area contributed by atoms with E-state index in [-0.39, 0.29) is 5.91 Å². The first-order valence-corrected chi connectivity index (χ1v) is 8.96. The molecule has 0 saturated carbocycles. The molecule has 1 aliphatic heterocycles. The Morgan fingerprint density at radius 3 is 2.92 bits per heavy atom. The molecule has 2 heterocycles. The number of carbonyl (C=O) groups excluding carboxylic acids is 1. The molecule has 0 aliphatic carbocycles. The van der Waals surface area contributed by atoms with Gasteiger partial charge < -0.3 is 15.8 Å². The molecule has 1 saturated heterocycles. The molecule has 6 nitrogen and oxygen atoms in total. The molecule has 3 N–H and O–H groups in total. The SMILES string of the molecule is Nc1ccccc1CCC(=O)Nc1nc(CN2CCOCC2)cs1. The summed E-state index contributed by atoms with van der Waals surface area (Å²) in [6.07, 6.45) is 1.02. The number of nitrogens with one attached hydrogen (secondary N) is 1. The molecule has 2 aromatic rings. The van der Waals surface area contributed by atoms with E-state index in [0.29, 0.717) is 18.0 Å². The van der Waals surface area contributed by atoms with E-state index in [4.69, 9.17) is 10.5 Å². The molecule has 7 heteroatoms. The summed E-state index contributed by atoms with van der Waals surface area (Å²) in [5, 5.41) is 5.53. The van der Waals surface area contributed by atoms with Crippen molar-refractivity contribution >= 4 is 28.1 Å². The van der Waals surface area contributed by atoms with Gasteiger partial charge in [0.05, 0.1) is 18.9 Å². The minimum atomic E-state index is -0.0366. The maximum atomic E-state index is 12.1. The second kappa shape index (κ2) is 8.23. The summed E-state index contributed by atoms with van der Waals surface area (Å²) in [6.45, 7) is 4.21. The van der Waals surface area contributed by atoms with Crippen LogP contribution >= 0.6 is 11.3 Å². The van der Waals surface area contributed by atoms with Crippen LogP contribution in [-0.2, 0) is 22.5 Å². The van der Waals surface area contributed by atoms with Crippen LogP contribution in [0.5, 0.6) is 0 Å². The van der Waals surface area contributed by atoms with E-state index in [0.717, 1.165) is 49.8 Å². The van der Waals surface area contributed by atoms with E-state index in [9.17, 15) is 4.79 Å². The van der Waals surface area contributed by atoms with Gasteiger partial charge in [0.25, 0.3) is 0 Å². The van der Waals surface area contributed by atoms with Crippen LogP contribution in [0.3, 0.4) is 0 Å². The Bertz CT molecular complexity index is 683. The van der Waals surface area contributed by atoms with Crippen molar-refractivity contribution in [3.8, 4) is 0 Å². The molecule has 1 aromatic carbocycles. The van der Waals surface area contributed by atoms with Gasteiger partial charge in [-0.05, 0) is 18.1 Å². The Morgan fingerprint density at radius 1 is 1.33 bits per heavy atom. The second-order valence-corrected chi connectivity index (χ2v) is 6.64. The van der Waals surface area contributed by atoms with Gasteiger partial charge in [0, 0.05) is 37.1 Å². The van der Waals surface area contributed by atoms with Crippen molar-refractivity contribution in [1.29, 1.82) is 0 Å². The Kier molecular flexibility index (Phi) is 5.79. The number of para-hydroxylation sites is 1. The van der Waals surface area contributed by atoms with E-state index in [2.05, 4.69) is 15.2 Å². The third-order valence-corrected chi connectivity index (χ3v) is 4.77. The summed E-state index contributed by atoms with van der Waals surface area (Å²) >= 11 is 1.47. The van der Waals surface area contributed by atoms with Gasteiger partial charge in [0.1, 0.15) is 0 Å². The zero-order valence-corrected chi connectivity index (χ0v) is 14.3. The van der Waals surface area contributed by atoms with E-state index in [1.807, 2.05) is 29.6 Å². The van der Waals surface area contributed by atoms with E-state index >= 15 is 0 Å². The van der Waals surface area contributed by atoms with E-state index in [1.54, 1.807) is 0 Å². The van der Waals surface area contributed by atoms with Crippen LogP contribution in [0.25, 0.3) is 0 Å². The van der Waals surface area contributed by atoms with E-state index in [1.165, 1.54) is 11.3 Å². The van der Waals surface area contributed by atoms with Crippen LogP contribution in [-0.4, -0.2) is 42.1 Å². The molecule has 3 rings (SSSR count). The normalized spacial score (nSPS) is 15.3. The van der Waals surface area contributed by atoms with Crippen molar-refractivity contribution < 1.29 is 9.53 Å². The van der Waals surface area contributed by atoms with Gasteiger partial charge in [-0.15, -0.1) is 11.3 Å². The molecule has 1 aromatic heterocycles. The van der Waals surface area contributed by atoms with Crippen LogP contribution in [0.1, 0.15) is 17.7 Å². The van der Waals surface area contributed by atoms with Crippen molar-refractivity contribution in [2.75, 3.05) is 37.4 Å². The highest BCUT2D eigenvalue weighted by molar-refractivity contribution is 7.13. The minimum absolute atomic E-state index is 0.0366. The lowest BCUT2D eigenvalue weighted by Crippen LogP contribution is -2.35. The smallest absolute Gasteiger partial charge is 0.226 e. The Hall–Kier alpha value is -1.96. The average molecular weight is 346 g/mol. The maximum Gasteiger partial charge on any atom is 0.226 e. The molecule has 24 heavy (non-hydrogen) atoms. The molecular formula is C17H22N4O2S. The van der Waals surface area contributed by atoms with Crippen LogP contribution in [0.2, 0.25) is 0 Å². The van der Waals surface area contributed by atoms with Gasteiger partial charge in [0.2, 0.25) is 5.91 Å². The standard InChI is InChI=1S/C17H22N4O2S/c18-15-4-2-1-3-13(15)5-6-16(22)20-17-19-14(12-24-17)11-21-7-9-23-10-8-21/h1-4,12H,5-11,18H2,(H,19,20,22). The summed E-state index contributed by atoms with van der Waals surface area (Å²) < 4.78 is 5.34. The van der Waals surface area contributed by atoms with Crippen molar-refractivity contribution in [1.82, 2.24) is 9.88 Å². The Balaban J connectivity index is 1.47. The molecule has 0 atom stereocenters. The third-order valence-electron chi connectivity index (χ3n) is 3.96. The third kappa shape index (κ3) is 4.77. The first kappa shape index (κ1) is 16.9. The number of anilines is 2. The predicted molar refractivity (Wildman–Crippen MR) is 96.0 cm³/mol. The summed E-state index contributed by atoms with van der Waals surface area (Å²) in [6, 6.07) is 7.63. The fourth-order valence-electron chi connectivity index (χ4n) is 2.62. The lowest BCUT2D eigenvalue weighted by Gasteiger charge is -2.25. The van der Waals surface area contributed by atoms with Crippen molar-refractivity contribution in [2.24, 2.45) is 0 Å². The second-order valence-electron chi connectivity index (χ2n) is 5.78. The molecule has 1 fully saturated rings. The predicted octanol–water partition coefficient (Wildman–Crippen LogP) is 2.13. The maximum absolute atomic E-state index is 12.1. The lowest BCUT2D eigenvalue weighted by atomic mass is 10.1. The fraction of sp³-hybridized carbons (Fsp3) is 0.412. The summed E-state index contributed by atoms with van der Waals surface area (Å²) in [4.78, 5) is 18.9. The van der Waals surface area contributed by atoms with Gasteiger partial charge >= 0.3 is 0 Å². The van der Waals surface area contributed by atoms with Crippen molar-refractivity contribution in [3.05, 3.63) is 40.9 Å². The highest BCUT2D eigenvalue weighted by Crippen LogP contribution is 2.18.